The number of benzene rings is 2. The molecule has 0 saturated heterocycles. The summed E-state index contributed by atoms with van der Waals surface area (Å²) in [6, 6.07) is 7.07. The third-order valence-electron chi connectivity index (χ3n) is 2.85. The van der Waals surface area contributed by atoms with E-state index in [1.54, 1.807) is 0 Å². The van der Waals surface area contributed by atoms with Gasteiger partial charge in [0.2, 0.25) is 0 Å². The first kappa shape index (κ1) is 17.6. The number of hydrogen-bond donors (Lipinski definition) is 2. The van der Waals surface area contributed by atoms with Crippen LogP contribution in [0.15, 0.2) is 42.5 Å². The van der Waals surface area contributed by atoms with Crippen molar-refractivity contribution in [3.63, 3.8) is 0 Å². The summed E-state index contributed by atoms with van der Waals surface area (Å²) < 4.78 is 51.0. The Morgan fingerprint density at radius 1 is 1.12 bits per heavy atom. The van der Waals surface area contributed by atoms with E-state index in [9.17, 15) is 27.7 Å². The van der Waals surface area contributed by atoms with Crippen LogP contribution in [0.2, 0.25) is 0 Å². The van der Waals surface area contributed by atoms with Crippen LogP contribution in [0, 0.1) is 15.9 Å². The number of nitrogens with one attached hydrogen (secondary N) is 2. The Hall–Kier alpha value is -2.75. The van der Waals surface area contributed by atoms with E-state index in [4.69, 9.17) is 12.2 Å². The molecule has 2 aromatic rings. The van der Waals surface area contributed by atoms with Gasteiger partial charge < -0.3 is 10.6 Å². The summed E-state index contributed by atoms with van der Waals surface area (Å²) in [4.78, 5) is 10.1. The lowest BCUT2D eigenvalue weighted by atomic mass is 10.2. The molecule has 24 heavy (non-hydrogen) atoms. The van der Waals surface area contributed by atoms with Crippen LogP contribution in [0.25, 0.3) is 0 Å². The minimum Gasteiger partial charge on any atom is -0.332 e. The van der Waals surface area contributed by atoms with Crippen molar-refractivity contribution in [3.8, 4) is 0 Å². The average molecular weight is 359 g/mol. The van der Waals surface area contributed by atoms with Crippen molar-refractivity contribution in [3.05, 3.63) is 64.0 Å². The third-order valence-corrected chi connectivity index (χ3v) is 3.06. The van der Waals surface area contributed by atoms with Crippen molar-refractivity contribution in [1.82, 2.24) is 0 Å². The van der Waals surface area contributed by atoms with E-state index in [-0.39, 0.29) is 16.5 Å². The molecule has 0 amide bonds. The van der Waals surface area contributed by atoms with Gasteiger partial charge in [0.05, 0.1) is 16.6 Å². The van der Waals surface area contributed by atoms with E-state index in [1.165, 1.54) is 12.1 Å². The fourth-order valence-corrected chi connectivity index (χ4v) is 2.05. The quantitative estimate of drug-likeness (QED) is 0.364. The summed E-state index contributed by atoms with van der Waals surface area (Å²) >= 11 is 4.91. The fourth-order valence-electron chi connectivity index (χ4n) is 1.82. The molecule has 0 aliphatic rings. The molecule has 126 valence electrons. The lowest BCUT2D eigenvalue weighted by Crippen LogP contribution is -2.20. The molecule has 0 bridgehead atoms. The van der Waals surface area contributed by atoms with Gasteiger partial charge in [-0.15, -0.1) is 0 Å². The van der Waals surface area contributed by atoms with E-state index >= 15 is 0 Å². The Bertz CT molecular complexity index is 796. The Kier molecular flexibility index (Phi) is 4.98. The number of nitrogens with zero attached hydrogens (tertiary/aromatic N) is 1. The molecule has 0 aliphatic heterocycles. The molecule has 0 radical (unpaired) electrons. The highest BCUT2D eigenvalue weighted by molar-refractivity contribution is 7.80. The van der Waals surface area contributed by atoms with Gasteiger partial charge in [0, 0.05) is 5.69 Å². The van der Waals surface area contributed by atoms with Gasteiger partial charge in [-0.1, -0.05) is 6.07 Å². The normalized spacial score (nSPS) is 11.0. The molecule has 0 saturated carbocycles. The molecule has 0 atom stereocenters. The van der Waals surface area contributed by atoms with Crippen molar-refractivity contribution < 1.29 is 22.5 Å². The van der Waals surface area contributed by atoms with Crippen LogP contribution in [0.1, 0.15) is 5.56 Å². The monoisotopic (exact) mass is 359 g/mol. The number of nitro groups is 1. The van der Waals surface area contributed by atoms with Crippen LogP contribution >= 0.6 is 12.2 Å². The second kappa shape index (κ2) is 6.79. The summed E-state index contributed by atoms with van der Waals surface area (Å²) in [6.07, 6.45) is -4.51. The first-order valence-corrected chi connectivity index (χ1v) is 6.77. The second-order valence-corrected chi connectivity index (χ2v) is 4.98. The molecule has 0 fully saturated rings. The van der Waals surface area contributed by atoms with Gasteiger partial charge in [-0.05, 0) is 42.5 Å². The van der Waals surface area contributed by atoms with Crippen LogP contribution in [-0.2, 0) is 6.18 Å². The van der Waals surface area contributed by atoms with Gasteiger partial charge in [-0.25, -0.2) is 4.39 Å². The summed E-state index contributed by atoms with van der Waals surface area (Å²) in [5.41, 5.74) is -1.47. The lowest BCUT2D eigenvalue weighted by Gasteiger charge is -2.13. The predicted octanol–water partition coefficient (Wildman–Crippen LogP) is 4.56. The fraction of sp³-hybridized carbons (Fsp3) is 0.0714. The van der Waals surface area contributed by atoms with Gasteiger partial charge in [0.15, 0.2) is 5.11 Å². The number of alkyl halides is 3. The topological polar surface area (TPSA) is 67.2 Å². The van der Waals surface area contributed by atoms with E-state index in [0.29, 0.717) is 6.07 Å². The molecular weight excluding hydrogens is 350 g/mol. The Morgan fingerprint density at radius 3 is 2.46 bits per heavy atom. The molecule has 2 rings (SSSR count). The standard InChI is InChI=1S/C14H9F4N3O2S/c15-9-4-5-11(12(7-9)21(22)23)20-13(24)19-10-3-1-2-8(6-10)14(16,17)18/h1-7H,(H2,19,20,24). The highest BCUT2D eigenvalue weighted by Gasteiger charge is 2.30. The van der Waals surface area contributed by atoms with Gasteiger partial charge >= 0.3 is 6.18 Å². The van der Waals surface area contributed by atoms with Gasteiger partial charge in [-0.3, -0.25) is 10.1 Å². The summed E-state index contributed by atoms with van der Waals surface area (Å²) in [6.45, 7) is 0. The zero-order valence-corrected chi connectivity index (χ0v) is 12.5. The molecular formula is C14H9F4N3O2S. The summed E-state index contributed by atoms with van der Waals surface area (Å²) in [5, 5.41) is 15.6. The first-order valence-electron chi connectivity index (χ1n) is 6.36. The van der Waals surface area contributed by atoms with Gasteiger partial charge in [0.1, 0.15) is 11.5 Å². The van der Waals surface area contributed by atoms with E-state index < -0.39 is 28.2 Å². The maximum atomic E-state index is 13.1. The van der Waals surface area contributed by atoms with Crippen LogP contribution < -0.4 is 10.6 Å². The van der Waals surface area contributed by atoms with Crippen molar-refractivity contribution >= 4 is 34.4 Å². The Morgan fingerprint density at radius 2 is 1.83 bits per heavy atom. The maximum Gasteiger partial charge on any atom is 0.416 e. The minimum atomic E-state index is -4.51. The van der Waals surface area contributed by atoms with Crippen LogP contribution in [0.5, 0.6) is 0 Å². The molecule has 2 aromatic carbocycles. The van der Waals surface area contributed by atoms with Crippen LogP contribution in [0.4, 0.5) is 34.6 Å². The van der Waals surface area contributed by atoms with Crippen molar-refractivity contribution in [2.75, 3.05) is 10.6 Å². The second-order valence-electron chi connectivity index (χ2n) is 4.58. The highest BCUT2D eigenvalue weighted by Crippen LogP contribution is 2.31. The molecule has 10 heteroatoms. The summed E-state index contributed by atoms with van der Waals surface area (Å²) in [7, 11) is 0. The number of nitro benzene ring substituents is 1. The van der Waals surface area contributed by atoms with Gasteiger partial charge in [0.25, 0.3) is 5.69 Å². The van der Waals surface area contributed by atoms with E-state index in [0.717, 1.165) is 24.3 Å². The molecule has 0 aliphatic carbocycles. The number of hydrogen-bond acceptors (Lipinski definition) is 3. The number of thiocarbonyl (C=S) groups is 1. The van der Waals surface area contributed by atoms with E-state index in [2.05, 4.69) is 10.6 Å². The number of halogens is 4. The average Bonchev–Trinajstić information content (AvgIpc) is 2.48. The smallest absolute Gasteiger partial charge is 0.332 e. The molecule has 2 N–H and O–H groups in total. The van der Waals surface area contributed by atoms with Crippen molar-refractivity contribution in [2.45, 2.75) is 6.18 Å². The molecule has 5 nitrogen and oxygen atoms in total. The molecule has 0 heterocycles. The number of anilines is 2. The zero-order valence-electron chi connectivity index (χ0n) is 11.7. The highest BCUT2D eigenvalue weighted by atomic mass is 32.1. The lowest BCUT2D eigenvalue weighted by molar-refractivity contribution is -0.384. The van der Waals surface area contributed by atoms with Crippen LogP contribution in [0.3, 0.4) is 0 Å². The number of rotatable bonds is 3. The summed E-state index contributed by atoms with van der Waals surface area (Å²) in [5.74, 6) is -0.802. The largest absolute Gasteiger partial charge is 0.416 e. The van der Waals surface area contributed by atoms with Gasteiger partial charge in [-0.2, -0.15) is 13.2 Å². The SMILES string of the molecule is O=[N+]([O-])c1cc(F)ccc1NC(=S)Nc1cccc(C(F)(F)F)c1. The van der Waals surface area contributed by atoms with Crippen molar-refractivity contribution in [2.24, 2.45) is 0 Å². The van der Waals surface area contributed by atoms with Crippen molar-refractivity contribution in [1.29, 1.82) is 0 Å². The Labute approximate surface area is 138 Å². The first-order chi connectivity index (χ1) is 11.2. The maximum absolute atomic E-state index is 13.1. The van der Waals surface area contributed by atoms with Crippen LogP contribution in [-0.4, -0.2) is 10.0 Å². The zero-order chi connectivity index (χ0) is 17.9. The Balaban J connectivity index is 2.16. The molecule has 0 spiro atoms. The minimum absolute atomic E-state index is 0.0482. The van der Waals surface area contributed by atoms with E-state index in [1.807, 2.05) is 0 Å². The molecule has 0 aromatic heterocycles. The molecule has 0 unspecified atom stereocenters. The predicted molar refractivity (Wildman–Crippen MR) is 84.3 cm³/mol. The third kappa shape index (κ3) is 4.38.